The van der Waals surface area contributed by atoms with Gasteiger partial charge in [0.05, 0.1) is 19.3 Å². The van der Waals surface area contributed by atoms with Crippen LogP contribution in [0.2, 0.25) is 0 Å². The van der Waals surface area contributed by atoms with Crippen LogP contribution in [0.4, 0.5) is 0 Å². The molecule has 2 N–H and O–H groups in total. The quantitative estimate of drug-likeness (QED) is 0.766. The van der Waals surface area contributed by atoms with Gasteiger partial charge in [0.2, 0.25) is 0 Å². The van der Waals surface area contributed by atoms with Crippen molar-refractivity contribution in [3.8, 4) is 0 Å². The number of hydrogen-bond donors (Lipinski definition) is 1. The SMILES string of the molecule is CC(C)C[C@@H]1C[C@](OC(=O)CN)(C(C)C)CCO1. The Hall–Kier alpha value is -0.610. The Morgan fingerprint density at radius 2 is 2.11 bits per heavy atom. The van der Waals surface area contributed by atoms with E-state index in [1.165, 1.54) is 0 Å². The van der Waals surface area contributed by atoms with Gasteiger partial charge in [-0.15, -0.1) is 0 Å². The fourth-order valence-corrected chi connectivity index (χ4v) is 2.63. The molecule has 0 spiro atoms. The average Bonchev–Trinajstić information content (AvgIpc) is 2.28. The van der Waals surface area contributed by atoms with Crippen LogP contribution in [0.1, 0.15) is 47.0 Å². The molecule has 0 saturated carbocycles. The monoisotopic (exact) mass is 257 g/mol. The minimum absolute atomic E-state index is 0.0514. The lowest BCUT2D eigenvalue weighted by Crippen LogP contribution is -2.49. The van der Waals surface area contributed by atoms with Crippen molar-refractivity contribution in [2.45, 2.75) is 58.7 Å². The molecular weight excluding hydrogens is 230 g/mol. The third-order valence-electron chi connectivity index (χ3n) is 3.72. The molecule has 1 aliphatic rings. The summed E-state index contributed by atoms with van der Waals surface area (Å²) in [5.74, 6) is 0.559. The Bertz CT molecular complexity index is 278. The molecule has 1 heterocycles. The molecule has 0 aromatic carbocycles. The van der Waals surface area contributed by atoms with Gasteiger partial charge in [0, 0.05) is 12.8 Å². The summed E-state index contributed by atoms with van der Waals surface area (Å²) in [5, 5.41) is 0. The lowest BCUT2D eigenvalue weighted by atomic mass is 9.79. The molecule has 4 nitrogen and oxygen atoms in total. The molecule has 0 unspecified atom stereocenters. The summed E-state index contributed by atoms with van der Waals surface area (Å²) >= 11 is 0. The summed E-state index contributed by atoms with van der Waals surface area (Å²) in [4.78, 5) is 11.5. The normalized spacial score (nSPS) is 28.7. The van der Waals surface area contributed by atoms with Gasteiger partial charge in [-0.25, -0.2) is 0 Å². The van der Waals surface area contributed by atoms with Gasteiger partial charge in [-0.05, 0) is 18.3 Å². The van der Waals surface area contributed by atoms with Crippen LogP contribution in [0.15, 0.2) is 0 Å². The minimum Gasteiger partial charge on any atom is -0.458 e. The predicted molar refractivity (Wildman–Crippen MR) is 71.1 cm³/mol. The first kappa shape index (κ1) is 15.4. The third kappa shape index (κ3) is 3.95. The smallest absolute Gasteiger partial charge is 0.320 e. The van der Waals surface area contributed by atoms with Gasteiger partial charge in [-0.2, -0.15) is 0 Å². The molecule has 1 saturated heterocycles. The summed E-state index contributed by atoms with van der Waals surface area (Å²) in [6.07, 6.45) is 2.75. The van der Waals surface area contributed by atoms with E-state index in [1.807, 2.05) is 0 Å². The molecule has 0 aromatic heterocycles. The molecule has 1 rings (SSSR count). The fraction of sp³-hybridized carbons (Fsp3) is 0.929. The van der Waals surface area contributed by atoms with Crippen molar-refractivity contribution < 1.29 is 14.3 Å². The highest BCUT2D eigenvalue weighted by molar-refractivity contribution is 5.71. The average molecular weight is 257 g/mol. The maximum Gasteiger partial charge on any atom is 0.320 e. The van der Waals surface area contributed by atoms with E-state index in [-0.39, 0.29) is 24.5 Å². The van der Waals surface area contributed by atoms with E-state index < -0.39 is 5.60 Å². The van der Waals surface area contributed by atoms with Crippen molar-refractivity contribution in [2.24, 2.45) is 17.6 Å². The van der Waals surface area contributed by atoms with Gasteiger partial charge >= 0.3 is 5.97 Å². The highest BCUT2D eigenvalue weighted by atomic mass is 16.6. The van der Waals surface area contributed by atoms with Crippen LogP contribution in [-0.4, -0.2) is 30.8 Å². The van der Waals surface area contributed by atoms with Gasteiger partial charge in [0.25, 0.3) is 0 Å². The second kappa shape index (κ2) is 6.53. The van der Waals surface area contributed by atoms with E-state index in [1.54, 1.807) is 0 Å². The third-order valence-corrected chi connectivity index (χ3v) is 3.72. The standard InChI is InChI=1S/C14H27NO3/c1-10(2)7-12-8-14(11(3)4,5-6-17-12)18-13(16)9-15/h10-12H,5-9,15H2,1-4H3/t12-,14+/m1/s1. The van der Waals surface area contributed by atoms with Crippen LogP contribution in [-0.2, 0) is 14.3 Å². The lowest BCUT2D eigenvalue weighted by molar-refractivity contribution is -0.184. The van der Waals surface area contributed by atoms with Crippen LogP contribution in [0, 0.1) is 11.8 Å². The molecule has 106 valence electrons. The Morgan fingerprint density at radius 3 is 2.61 bits per heavy atom. The zero-order valence-electron chi connectivity index (χ0n) is 12.1. The Balaban J connectivity index is 2.74. The highest BCUT2D eigenvalue weighted by Gasteiger charge is 2.42. The molecule has 0 aromatic rings. The summed E-state index contributed by atoms with van der Waals surface area (Å²) in [6.45, 7) is 9.17. The van der Waals surface area contributed by atoms with E-state index in [0.717, 1.165) is 19.3 Å². The Morgan fingerprint density at radius 1 is 1.44 bits per heavy atom. The van der Waals surface area contributed by atoms with Crippen LogP contribution in [0.5, 0.6) is 0 Å². The number of rotatable bonds is 5. The summed E-state index contributed by atoms with van der Waals surface area (Å²) < 4.78 is 11.4. The van der Waals surface area contributed by atoms with Gasteiger partial charge in [-0.3, -0.25) is 4.79 Å². The maximum absolute atomic E-state index is 11.5. The second-order valence-corrected chi connectivity index (χ2v) is 5.97. The Kier molecular flexibility index (Phi) is 5.60. The molecular formula is C14H27NO3. The zero-order valence-corrected chi connectivity index (χ0v) is 12.1. The molecule has 4 heteroatoms. The lowest BCUT2D eigenvalue weighted by Gasteiger charge is -2.43. The summed E-state index contributed by atoms with van der Waals surface area (Å²) in [5.41, 5.74) is 4.96. The number of esters is 1. The van der Waals surface area contributed by atoms with E-state index in [9.17, 15) is 4.79 Å². The fourth-order valence-electron chi connectivity index (χ4n) is 2.63. The molecule has 0 amide bonds. The second-order valence-electron chi connectivity index (χ2n) is 5.97. The van der Waals surface area contributed by atoms with E-state index in [2.05, 4.69) is 27.7 Å². The predicted octanol–water partition coefficient (Wildman–Crippen LogP) is 2.11. The zero-order chi connectivity index (χ0) is 13.8. The van der Waals surface area contributed by atoms with Crippen molar-refractivity contribution in [1.82, 2.24) is 0 Å². The topological polar surface area (TPSA) is 61.5 Å². The largest absolute Gasteiger partial charge is 0.458 e. The van der Waals surface area contributed by atoms with Crippen molar-refractivity contribution in [2.75, 3.05) is 13.2 Å². The van der Waals surface area contributed by atoms with Gasteiger partial charge in [0.1, 0.15) is 5.60 Å². The van der Waals surface area contributed by atoms with Crippen LogP contribution in [0.25, 0.3) is 0 Å². The maximum atomic E-state index is 11.5. The Labute approximate surface area is 110 Å². The van der Waals surface area contributed by atoms with Crippen molar-refractivity contribution >= 4 is 5.97 Å². The van der Waals surface area contributed by atoms with Gasteiger partial charge < -0.3 is 15.2 Å². The van der Waals surface area contributed by atoms with Crippen LogP contribution < -0.4 is 5.73 Å². The first-order valence-corrected chi connectivity index (χ1v) is 6.93. The summed E-state index contributed by atoms with van der Waals surface area (Å²) in [7, 11) is 0. The number of hydrogen-bond acceptors (Lipinski definition) is 4. The molecule has 0 bridgehead atoms. The molecule has 1 fully saturated rings. The highest BCUT2D eigenvalue weighted by Crippen LogP contribution is 2.37. The number of nitrogens with two attached hydrogens (primary N) is 1. The molecule has 0 aliphatic carbocycles. The minimum atomic E-state index is -0.395. The number of carbonyl (C=O) groups excluding carboxylic acids is 1. The first-order chi connectivity index (χ1) is 8.39. The van der Waals surface area contributed by atoms with Crippen molar-refractivity contribution in [1.29, 1.82) is 0 Å². The van der Waals surface area contributed by atoms with Crippen LogP contribution in [0.3, 0.4) is 0 Å². The van der Waals surface area contributed by atoms with E-state index in [4.69, 9.17) is 15.2 Å². The van der Waals surface area contributed by atoms with Crippen LogP contribution >= 0.6 is 0 Å². The molecule has 2 atom stereocenters. The summed E-state index contributed by atoms with van der Waals surface area (Å²) in [6, 6.07) is 0. The van der Waals surface area contributed by atoms with Crippen molar-refractivity contribution in [3.63, 3.8) is 0 Å². The van der Waals surface area contributed by atoms with Crippen molar-refractivity contribution in [3.05, 3.63) is 0 Å². The van der Waals surface area contributed by atoms with Gasteiger partial charge in [0.15, 0.2) is 0 Å². The molecule has 0 radical (unpaired) electrons. The van der Waals surface area contributed by atoms with E-state index >= 15 is 0 Å². The number of carbonyl (C=O) groups is 1. The number of ether oxygens (including phenoxy) is 2. The van der Waals surface area contributed by atoms with E-state index in [0.29, 0.717) is 12.5 Å². The first-order valence-electron chi connectivity index (χ1n) is 6.93. The van der Waals surface area contributed by atoms with Gasteiger partial charge in [-0.1, -0.05) is 27.7 Å². The molecule has 18 heavy (non-hydrogen) atoms. The molecule has 1 aliphatic heterocycles.